The molecule has 0 radical (unpaired) electrons. The summed E-state index contributed by atoms with van der Waals surface area (Å²) in [6.07, 6.45) is 2.22. The molecule has 30 heavy (non-hydrogen) atoms. The van der Waals surface area contributed by atoms with Crippen LogP contribution in [0.2, 0.25) is 0 Å². The largest absolute Gasteiger partial charge is 0.376 e. The summed E-state index contributed by atoms with van der Waals surface area (Å²) in [5.41, 5.74) is -2.84. The van der Waals surface area contributed by atoms with Gasteiger partial charge in [-0.15, -0.1) is 0 Å². The van der Waals surface area contributed by atoms with Crippen LogP contribution in [0.1, 0.15) is 11.1 Å². The normalized spacial score (nSPS) is 13.9. The predicted octanol–water partition coefficient (Wildman–Crippen LogP) is 3.99. The quantitative estimate of drug-likeness (QED) is 0.381. The molecule has 0 saturated heterocycles. The Morgan fingerprint density at radius 2 is 1.87 bits per heavy atom. The van der Waals surface area contributed by atoms with Gasteiger partial charge in [0.1, 0.15) is 24.3 Å². The monoisotopic (exact) mass is 441 g/mol. The van der Waals surface area contributed by atoms with E-state index in [1.165, 1.54) is 0 Å². The fraction of sp³-hybridized carbons (Fsp3) is 0.300. The molecule has 0 spiro atoms. The first-order valence-corrected chi connectivity index (χ1v) is 9.94. The number of benzene rings is 2. The summed E-state index contributed by atoms with van der Waals surface area (Å²) in [4.78, 5) is 3.65. The first kappa shape index (κ1) is 22.3. The number of ether oxygens (including phenoxy) is 1. The Hall–Kier alpha value is -2.43. The van der Waals surface area contributed by atoms with E-state index in [2.05, 4.69) is 10.1 Å². The van der Waals surface area contributed by atoms with Crippen LogP contribution >= 0.6 is 11.8 Å². The van der Waals surface area contributed by atoms with Gasteiger partial charge in [0.05, 0.1) is 19.8 Å². The summed E-state index contributed by atoms with van der Waals surface area (Å²) >= 11 is 0.120. The van der Waals surface area contributed by atoms with Crippen molar-refractivity contribution < 1.29 is 27.4 Å². The van der Waals surface area contributed by atoms with Crippen molar-refractivity contribution in [3.63, 3.8) is 0 Å². The van der Waals surface area contributed by atoms with Gasteiger partial charge < -0.3 is 9.84 Å². The molecule has 0 aliphatic heterocycles. The van der Waals surface area contributed by atoms with Crippen LogP contribution in [0.3, 0.4) is 0 Å². The van der Waals surface area contributed by atoms with Crippen molar-refractivity contribution in [2.45, 2.75) is 24.0 Å². The molecular weight excluding hydrogens is 422 g/mol. The fourth-order valence-electron chi connectivity index (χ4n) is 2.82. The van der Waals surface area contributed by atoms with Crippen LogP contribution in [0.15, 0.2) is 61.2 Å². The minimum atomic E-state index is -3.84. The standard InChI is InChI=1S/C20H19F4N3O2S/c21-16-6-7-17(18(22)10-16)19(28,12-27-14-25-13-26-27)20(23,24)30-9-8-29-11-15-4-2-1-3-5-15/h1-7,10,13-14,28H,8-9,11-12H2. The van der Waals surface area contributed by atoms with E-state index in [0.717, 1.165) is 35.0 Å². The van der Waals surface area contributed by atoms with Crippen molar-refractivity contribution in [1.82, 2.24) is 14.8 Å². The SMILES string of the molecule is OC(Cn1cncn1)(c1ccc(F)cc1F)C(F)(F)SCCOCc1ccccc1. The second-order valence-electron chi connectivity index (χ2n) is 6.48. The second-order valence-corrected chi connectivity index (χ2v) is 7.69. The smallest absolute Gasteiger partial charge is 0.328 e. The number of hydrogen-bond donors (Lipinski definition) is 1. The topological polar surface area (TPSA) is 60.2 Å². The average molecular weight is 441 g/mol. The molecule has 0 aliphatic rings. The van der Waals surface area contributed by atoms with Gasteiger partial charge in [0.15, 0.2) is 5.60 Å². The molecule has 0 aliphatic carbocycles. The maximum Gasteiger partial charge on any atom is 0.328 e. The van der Waals surface area contributed by atoms with Crippen molar-refractivity contribution in [3.8, 4) is 0 Å². The van der Waals surface area contributed by atoms with E-state index in [1.807, 2.05) is 30.3 Å². The number of hydrogen-bond acceptors (Lipinski definition) is 5. The molecule has 1 N–H and O–H groups in total. The number of aliphatic hydroxyl groups is 1. The Bertz CT molecular complexity index is 944. The Balaban J connectivity index is 1.72. The maximum atomic E-state index is 15.1. The zero-order valence-electron chi connectivity index (χ0n) is 15.7. The van der Waals surface area contributed by atoms with Crippen molar-refractivity contribution in [2.75, 3.05) is 12.4 Å². The third-order valence-corrected chi connectivity index (χ3v) is 5.41. The highest BCUT2D eigenvalue weighted by molar-refractivity contribution is 8.00. The van der Waals surface area contributed by atoms with Gasteiger partial charge in [0, 0.05) is 17.4 Å². The van der Waals surface area contributed by atoms with Gasteiger partial charge >= 0.3 is 5.25 Å². The maximum absolute atomic E-state index is 15.1. The van der Waals surface area contributed by atoms with Gasteiger partial charge in [-0.1, -0.05) is 42.1 Å². The van der Waals surface area contributed by atoms with Crippen molar-refractivity contribution in [2.24, 2.45) is 0 Å². The molecule has 0 fully saturated rings. The van der Waals surface area contributed by atoms with Gasteiger partial charge in [-0.3, -0.25) is 0 Å². The van der Waals surface area contributed by atoms with Crippen LogP contribution < -0.4 is 0 Å². The second kappa shape index (κ2) is 9.59. The number of nitrogens with zero attached hydrogens (tertiary/aromatic N) is 3. The zero-order chi connectivity index (χ0) is 21.6. The number of thioether (sulfide) groups is 1. The zero-order valence-corrected chi connectivity index (χ0v) is 16.5. The Morgan fingerprint density at radius 1 is 1.10 bits per heavy atom. The molecule has 3 rings (SSSR count). The van der Waals surface area contributed by atoms with Crippen LogP contribution in [0, 0.1) is 11.6 Å². The van der Waals surface area contributed by atoms with E-state index in [-0.39, 0.29) is 30.7 Å². The lowest BCUT2D eigenvalue weighted by molar-refractivity contribution is -0.139. The molecule has 5 nitrogen and oxygen atoms in total. The molecule has 160 valence electrons. The average Bonchev–Trinajstić information content (AvgIpc) is 3.21. The Labute approximate surface area is 174 Å². The van der Waals surface area contributed by atoms with Crippen LogP contribution in [-0.4, -0.2) is 37.5 Å². The van der Waals surface area contributed by atoms with E-state index in [1.54, 1.807) is 0 Å². The lowest BCUT2D eigenvalue weighted by Crippen LogP contribution is -2.47. The summed E-state index contributed by atoms with van der Waals surface area (Å²) in [7, 11) is 0. The molecule has 0 amide bonds. The van der Waals surface area contributed by atoms with Crippen LogP contribution in [0.25, 0.3) is 0 Å². The Kier molecular flexibility index (Phi) is 7.11. The highest BCUT2D eigenvalue weighted by atomic mass is 32.2. The summed E-state index contributed by atoms with van der Waals surface area (Å²) < 4.78 is 64.2. The molecule has 10 heteroatoms. The highest BCUT2D eigenvalue weighted by Gasteiger charge is 2.56. The molecule has 3 aromatic rings. The van der Waals surface area contributed by atoms with Crippen molar-refractivity contribution in [3.05, 3.63) is 83.9 Å². The molecule has 1 atom stereocenters. The number of halogens is 4. The third-order valence-electron chi connectivity index (χ3n) is 4.34. The van der Waals surface area contributed by atoms with Gasteiger partial charge in [-0.05, 0) is 17.7 Å². The van der Waals surface area contributed by atoms with Gasteiger partial charge in [-0.2, -0.15) is 13.9 Å². The molecule has 2 aromatic carbocycles. The third kappa shape index (κ3) is 5.18. The van der Waals surface area contributed by atoms with Crippen LogP contribution in [-0.2, 0) is 23.5 Å². The molecule has 0 saturated carbocycles. The van der Waals surface area contributed by atoms with Gasteiger partial charge in [0.2, 0.25) is 0 Å². The minimum Gasteiger partial charge on any atom is -0.376 e. The summed E-state index contributed by atoms with van der Waals surface area (Å²) in [5, 5.41) is 10.8. The van der Waals surface area contributed by atoms with E-state index in [9.17, 15) is 13.9 Å². The molecule has 1 unspecified atom stereocenters. The van der Waals surface area contributed by atoms with Gasteiger partial charge in [-0.25, -0.2) is 18.4 Å². The number of alkyl halides is 2. The lowest BCUT2D eigenvalue weighted by atomic mass is 9.93. The minimum absolute atomic E-state index is 0.0134. The van der Waals surface area contributed by atoms with E-state index >= 15 is 8.78 Å². The first-order valence-electron chi connectivity index (χ1n) is 8.95. The summed E-state index contributed by atoms with van der Waals surface area (Å²) in [6.45, 7) is -0.538. The van der Waals surface area contributed by atoms with Gasteiger partial charge in [0.25, 0.3) is 0 Å². The van der Waals surface area contributed by atoms with E-state index in [4.69, 9.17) is 4.74 Å². The molecule has 1 heterocycles. The summed E-state index contributed by atoms with van der Waals surface area (Å²) in [6, 6.07) is 11.3. The Morgan fingerprint density at radius 3 is 2.53 bits per heavy atom. The summed E-state index contributed by atoms with van der Waals surface area (Å²) in [5.74, 6) is -2.38. The molecule has 1 aromatic heterocycles. The number of rotatable bonds is 10. The van der Waals surface area contributed by atoms with Crippen LogP contribution in [0.4, 0.5) is 17.6 Å². The van der Waals surface area contributed by atoms with E-state index in [0.29, 0.717) is 6.07 Å². The van der Waals surface area contributed by atoms with Crippen molar-refractivity contribution >= 4 is 11.8 Å². The van der Waals surface area contributed by atoms with Crippen molar-refractivity contribution in [1.29, 1.82) is 0 Å². The highest BCUT2D eigenvalue weighted by Crippen LogP contribution is 2.47. The molecular formula is C20H19F4N3O2S. The first-order chi connectivity index (χ1) is 14.3. The molecule has 0 bridgehead atoms. The predicted molar refractivity (Wildman–Crippen MR) is 104 cm³/mol. The van der Waals surface area contributed by atoms with Crippen LogP contribution in [0.5, 0.6) is 0 Å². The lowest BCUT2D eigenvalue weighted by Gasteiger charge is -2.35. The fourth-order valence-corrected chi connectivity index (χ4v) is 3.69. The van der Waals surface area contributed by atoms with E-state index < -0.39 is 34.6 Å². The number of aromatic nitrogens is 3.